The lowest BCUT2D eigenvalue weighted by Crippen LogP contribution is -2.52. The van der Waals surface area contributed by atoms with E-state index in [4.69, 9.17) is 41.7 Å². The zero-order chi connectivity index (χ0) is 28.5. The Kier molecular flexibility index (Phi) is 8.75. The van der Waals surface area contributed by atoms with E-state index in [1.165, 1.54) is 0 Å². The van der Waals surface area contributed by atoms with E-state index in [-0.39, 0.29) is 11.5 Å². The molecule has 0 spiro atoms. The highest BCUT2D eigenvalue weighted by atomic mass is 35.5. The standard InChI is InChI=1S/C25H24ClF3NO7PS/c1-14-3-7-16(8-4-14)36-38(39,37-17-9-5-15(2)6-10-17)34-13-25(24(28)29)22(33)21(27)23(35-25)30-12-18(26)19(31)11-20(30)32/h3-10,12,21-24,33H,11,13H2,1-2H3/t21-,22-,23+,25+/m0/s1. The van der Waals surface area contributed by atoms with E-state index in [9.17, 15) is 23.5 Å². The third-order valence-corrected chi connectivity index (χ3v) is 8.49. The largest absolute Gasteiger partial charge is 0.435 e. The molecule has 2 aliphatic rings. The van der Waals surface area contributed by atoms with Gasteiger partial charge < -0.3 is 18.9 Å². The summed E-state index contributed by atoms with van der Waals surface area (Å²) in [6, 6.07) is 13.2. The highest BCUT2D eigenvalue weighted by Gasteiger charge is 2.63. The van der Waals surface area contributed by atoms with Gasteiger partial charge in [0.15, 0.2) is 23.8 Å². The average Bonchev–Trinajstić information content (AvgIpc) is 3.14. The van der Waals surface area contributed by atoms with Crippen LogP contribution in [0.5, 0.6) is 11.5 Å². The molecule has 210 valence electrons. The number of aliphatic hydroxyl groups is 1. The smallest absolute Gasteiger partial charge is 0.416 e. The summed E-state index contributed by atoms with van der Waals surface area (Å²) in [4.78, 5) is 24.6. The summed E-state index contributed by atoms with van der Waals surface area (Å²) in [7, 11) is 0. The molecule has 2 aliphatic heterocycles. The quantitative estimate of drug-likeness (QED) is 0.317. The molecule has 1 saturated heterocycles. The van der Waals surface area contributed by atoms with Crippen LogP contribution in [0.25, 0.3) is 0 Å². The van der Waals surface area contributed by atoms with Gasteiger partial charge in [0, 0.05) is 18.0 Å². The van der Waals surface area contributed by atoms with Crippen molar-refractivity contribution < 1.29 is 46.2 Å². The van der Waals surface area contributed by atoms with E-state index in [1.807, 2.05) is 13.8 Å². The number of ketones is 1. The monoisotopic (exact) mass is 605 g/mol. The van der Waals surface area contributed by atoms with E-state index < -0.39 is 67.0 Å². The molecule has 0 unspecified atom stereocenters. The molecule has 2 aromatic carbocycles. The first-order chi connectivity index (χ1) is 18.3. The van der Waals surface area contributed by atoms with Crippen LogP contribution < -0.4 is 9.05 Å². The molecular formula is C25H24ClF3NO7PS. The molecule has 0 aromatic heterocycles. The number of rotatable bonds is 9. The summed E-state index contributed by atoms with van der Waals surface area (Å²) in [6.45, 7) is -1.39. The fourth-order valence-corrected chi connectivity index (χ4v) is 5.97. The van der Waals surface area contributed by atoms with Crippen LogP contribution in [0.3, 0.4) is 0 Å². The number of ether oxygens (including phenoxy) is 1. The Bertz CT molecular complexity index is 1260. The number of hydrogen-bond donors (Lipinski definition) is 1. The van der Waals surface area contributed by atoms with Gasteiger partial charge in [0.1, 0.15) is 22.6 Å². The van der Waals surface area contributed by atoms with Crippen molar-refractivity contribution in [3.63, 3.8) is 0 Å². The number of carbonyl (C=O) groups is 2. The molecule has 8 nitrogen and oxygen atoms in total. The maximum Gasteiger partial charge on any atom is 0.435 e. The minimum Gasteiger partial charge on any atom is -0.416 e. The molecule has 2 heterocycles. The number of nitrogens with zero attached hydrogens (tertiary/aromatic N) is 1. The number of halogens is 4. The van der Waals surface area contributed by atoms with Crippen molar-refractivity contribution in [2.75, 3.05) is 6.61 Å². The highest BCUT2D eigenvalue weighted by Crippen LogP contribution is 2.52. The summed E-state index contributed by atoms with van der Waals surface area (Å²) in [5.41, 5.74) is -1.14. The maximum absolute atomic E-state index is 15.2. The van der Waals surface area contributed by atoms with E-state index in [0.717, 1.165) is 17.3 Å². The third kappa shape index (κ3) is 6.32. The van der Waals surface area contributed by atoms with Crippen LogP contribution in [0.2, 0.25) is 0 Å². The van der Waals surface area contributed by atoms with Gasteiger partial charge in [-0.05, 0) is 38.1 Å². The van der Waals surface area contributed by atoms with Gasteiger partial charge in [-0.2, -0.15) is 0 Å². The second-order valence-electron chi connectivity index (χ2n) is 9.06. The summed E-state index contributed by atoms with van der Waals surface area (Å²) >= 11 is 11.3. The minimum atomic E-state index is -3.93. The summed E-state index contributed by atoms with van der Waals surface area (Å²) in [6.07, 6.45) is -10.4. The molecule has 14 heteroatoms. The molecule has 39 heavy (non-hydrogen) atoms. The molecule has 0 aliphatic carbocycles. The van der Waals surface area contributed by atoms with Gasteiger partial charge in [-0.15, -0.1) is 0 Å². The van der Waals surface area contributed by atoms with Crippen molar-refractivity contribution >= 4 is 41.8 Å². The predicted octanol–water partition coefficient (Wildman–Crippen LogP) is 4.94. The molecular weight excluding hydrogens is 582 g/mol. The van der Waals surface area contributed by atoms with Crippen LogP contribution in [0.1, 0.15) is 17.5 Å². The van der Waals surface area contributed by atoms with Gasteiger partial charge in [-0.25, -0.2) is 13.2 Å². The number of alkyl halides is 3. The van der Waals surface area contributed by atoms with E-state index in [1.54, 1.807) is 48.5 Å². The summed E-state index contributed by atoms with van der Waals surface area (Å²) in [5, 5.41) is 10.2. The van der Waals surface area contributed by atoms with Crippen molar-refractivity contribution in [2.45, 2.75) is 50.8 Å². The van der Waals surface area contributed by atoms with Gasteiger partial charge in [0.05, 0.1) is 13.0 Å². The SMILES string of the molecule is Cc1ccc(OP(=S)(OC[C@@]2(C(F)F)O[C@@H](N3C=C(Cl)C(=O)CC3=O)[C@@H](F)[C@@H]2O)Oc2ccc(C)cc2)cc1. The first-order valence-corrected chi connectivity index (χ1v) is 14.5. The van der Waals surface area contributed by atoms with E-state index in [0.29, 0.717) is 4.90 Å². The van der Waals surface area contributed by atoms with Gasteiger partial charge in [0.25, 0.3) is 6.43 Å². The fourth-order valence-electron chi connectivity index (χ4n) is 3.86. The second kappa shape index (κ2) is 11.6. The molecule has 1 N–H and O–H groups in total. The number of aliphatic hydroxyl groups excluding tert-OH is 1. The number of allylic oxidation sites excluding steroid dienone is 1. The Morgan fingerprint density at radius 3 is 2.10 bits per heavy atom. The molecule has 0 bridgehead atoms. The van der Waals surface area contributed by atoms with Crippen molar-refractivity contribution in [1.29, 1.82) is 0 Å². The van der Waals surface area contributed by atoms with E-state index in [2.05, 4.69) is 0 Å². The minimum absolute atomic E-state index is 0.222. The fraction of sp³-hybridized carbons (Fsp3) is 0.360. The molecule has 0 radical (unpaired) electrons. The number of aryl methyl sites for hydroxylation is 2. The molecule has 4 rings (SSSR count). The number of Topliss-reactive ketones (excluding diaryl/α,β-unsaturated/α-hetero) is 1. The topological polar surface area (TPSA) is 94.5 Å². The van der Waals surface area contributed by atoms with Crippen LogP contribution in [0.15, 0.2) is 59.8 Å². The first-order valence-electron chi connectivity index (χ1n) is 11.6. The lowest BCUT2D eigenvalue weighted by Gasteiger charge is -2.34. The Morgan fingerprint density at radius 2 is 1.62 bits per heavy atom. The number of benzene rings is 2. The van der Waals surface area contributed by atoms with Crippen LogP contribution in [-0.2, 0) is 30.7 Å². The number of amides is 1. The van der Waals surface area contributed by atoms with Gasteiger partial charge >= 0.3 is 6.72 Å². The van der Waals surface area contributed by atoms with Crippen LogP contribution >= 0.6 is 18.3 Å². The Hall–Kier alpha value is -2.47. The first kappa shape index (κ1) is 29.5. The van der Waals surface area contributed by atoms with Crippen LogP contribution in [0, 0.1) is 13.8 Å². The zero-order valence-electron chi connectivity index (χ0n) is 20.6. The Balaban J connectivity index is 1.62. The van der Waals surface area contributed by atoms with Crippen molar-refractivity contribution in [3.05, 3.63) is 70.9 Å². The lowest BCUT2D eigenvalue weighted by molar-refractivity contribution is -0.199. The van der Waals surface area contributed by atoms with Crippen molar-refractivity contribution in [2.24, 2.45) is 0 Å². The van der Waals surface area contributed by atoms with Gasteiger partial charge in [-0.1, -0.05) is 47.0 Å². The summed E-state index contributed by atoms with van der Waals surface area (Å²) < 4.78 is 66.7. The highest BCUT2D eigenvalue weighted by molar-refractivity contribution is 8.07. The van der Waals surface area contributed by atoms with Gasteiger partial charge in [-0.3, -0.25) is 19.0 Å². The third-order valence-electron chi connectivity index (χ3n) is 6.10. The zero-order valence-corrected chi connectivity index (χ0v) is 23.1. The lowest BCUT2D eigenvalue weighted by atomic mass is 9.97. The number of hydrogen-bond acceptors (Lipinski definition) is 8. The summed E-state index contributed by atoms with van der Waals surface area (Å²) in [5.74, 6) is -1.22. The predicted molar refractivity (Wildman–Crippen MR) is 139 cm³/mol. The number of carbonyl (C=O) groups excluding carboxylic acids is 2. The molecule has 1 fully saturated rings. The molecule has 1 amide bonds. The Morgan fingerprint density at radius 1 is 1.10 bits per heavy atom. The Labute approximate surface area is 232 Å². The van der Waals surface area contributed by atoms with E-state index >= 15 is 4.39 Å². The van der Waals surface area contributed by atoms with Crippen LogP contribution in [0.4, 0.5) is 13.2 Å². The van der Waals surface area contributed by atoms with Gasteiger partial charge in [0.2, 0.25) is 5.91 Å². The maximum atomic E-state index is 15.2. The average molecular weight is 606 g/mol. The normalized spacial score (nSPS) is 25.7. The van der Waals surface area contributed by atoms with Crippen molar-refractivity contribution in [1.82, 2.24) is 4.90 Å². The molecule has 4 atom stereocenters. The second-order valence-corrected chi connectivity index (χ2v) is 12.3. The molecule has 2 aromatic rings. The van der Waals surface area contributed by atoms with Crippen LogP contribution in [-0.4, -0.2) is 58.8 Å². The molecule has 0 saturated carbocycles. The van der Waals surface area contributed by atoms with Crippen molar-refractivity contribution in [3.8, 4) is 11.5 Å².